The molecular weight excluding hydrogens is 330 g/mol. The van der Waals surface area contributed by atoms with Crippen LogP contribution >= 0.6 is 0 Å². The number of rotatable bonds is 6. The van der Waals surface area contributed by atoms with Crippen LogP contribution in [0.25, 0.3) is 0 Å². The lowest BCUT2D eigenvalue weighted by Gasteiger charge is -2.25. The largest absolute Gasteiger partial charge is 0.364 e. The maximum absolute atomic E-state index is 11.9. The molecule has 1 fully saturated rings. The van der Waals surface area contributed by atoms with E-state index < -0.39 is 20.4 Å². The molecule has 0 unspecified atom stereocenters. The molecule has 0 radical (unpaired) electrons. The summed E-state index contributed by atoms with van der Waals surface area (Å²) in [6.45, 7) is 0.583. The Kier molecular flexibility index (Phi) is 4.23. The van der Waals surface area contributed by atoms with Gasteiger partial charge in [-0.1, -0.05) is 6.07 Å². The monoisotopic (exact) mass is 347 g/mol. The maximum atomic E-state index is 11.9. The smallest absolute Gasteiger partial charge is 0.288 e. The van der Waals surface area contributed by atoms with Gasteiger partial charge in [-0.25, -0.2) is 8.42 Å². The van der Waals surface area contributed by atoms with Gasteiger partial charge in [0.15, 0.2) is 9.84 Å². The summed E-state index contributed by atoms with van der Waals surface area (Å²) in [7, 11) is -3.69. The van der Waals surface area contributed by atoms with Gasteiger partial charge in [0.25, 0.3) is 5.69 Å². The molecule has 3 rings (SSSR count). The fraction of sp³-hybridized carbons (Fsp3) is 0.312. The van der Waals surface area contributed by atoms with Gasteiger partial charge in [0.05, 0.1) is 4.92 Å². The van der Waals surface area contributed by atoms with E-state index in [0.717, 1.165) is 24.7 Å². The third kappa shape index (κ3) is 3.53. The van der Waals surface area contributed by atoms with E-state index in [9.17, 15) is 18.5 Å². The molecule has 0 aliphatic heterocycles. The van der Waals surface area contributed by atoms with Crippen LogP contribution in [0.1, 0.15) is 18.4 Å². The van der Waals surface area contributed by atoms with Crippen LogP contribution in [-0.2, 0) is 16.4 Å². The molecule has 0 spiro atoms. The first kappa shape index (κ1) is 16.4. The van der Waals surface area contributed by atoms with Crippen molar-refractivity contribution in [2.75, 3.05) is 11.2 Å². The summed E-state index contributed by atoms with van der Waals surface area (Å²) in [4.78, 5) is 16.4. The lowest BCUT2D eigenvalue weighted by molar-refractivity contribution is -0.387. The van der Waals surface area contributed by atoms with Crippen LogP contribution in [0.2, 0.25) is 0 Å². The molecule has 24 heavy (non-hydrogen) atoms. The molecular formula is C16H17N3O4S. The third-order valence-corrected chi connectivity index (χ3v) is 5.06. The Hall–Kier alpha value is -2.48. The van der Waals surface area contributed by atoms with E-state index in [-0.39, 0.29) is 4.90 Å². The molecule has 2 aromatic rings. The van der Waals surface area contributed by atoms with Crippen molar-refractivity contribution >= 4 is 21.2 Å². The Labute approximate surface area is 140 Å². The summed E-state index contributed by atoms with van der Waals surface area (Å²) in [5.41, 5.74) is 1.29. The van der Waals surface area contributed by atoms with Gasteiger partial charge in [0.2, 0.25) is 0 Å². The zero-order valence-electron chi connectivity index (χ0n) is 13.1. The summed E-state index contributed by atoms with van der Waals surface area (Å²) in [6, 6.07) is 8.40. The summed E-state index contributed by atoms with van der Waals surface area (Å²) < 4.78 is 23.9. The van der Waals surface area contributed by atoms with Gasteiger partial charge < -0.3 is 4.90 Å². The van der Waals surface area contributed by atoms with Crippen LogP contribution < -0.4 is 4.90 Å². The number of nitro benzene ring substituents is 1. The lowest BCUT2D eigenvalue weighted by atomic mass is 10.2. The first-order valence-corrected chi connectivity index (χ1v) is 9.39. The number of pyridine rings is 1. The molecule has 0 amide bonds. The van der Waals surface area contributed by atoms with Crippen molar-refractivity contribution in [1.29, 1.82) is 0 Å². The number of nitrogens with zero attached hydrogens (tertiary/aromatic N) is 3. The van der Waals surface area contributed by atoms with Gasteiger partial charge in [0, 0.05) is 43.0 Å². The van der Waals surface area contributed by atoms with Gasteiger partial charge in [-0.2, -0.15) is 0 Å². The highest BCUT2D eigenvalue weighted by molar-refractivity contribution is 7.90. The van der Waals surface area contributed by atoms with Crippen LogP contribution in [0.4, 0.5) is 11.4 Å². The number of anilines is 1. The van der Waals surface area contributed by atoms with E-state index in [0.29, 0.717) is 18.3 Å². The average Bonchev–Trinajstić information content (AvgIpc) is 3.37. The van der Waals surface area contributed by atoms with Gasteiger partial charge >= 0.3 is 0 Å². The molecule has 1 aromatic carbocycles. The molecule has 0 atom stereocenters. The van der Waals surface area contributed by atoms with Gasteiger partial charge in [0.1, 0.15) is 4.90 Å². The fourth-order valence-corrected chi connectivity index (χ4v) is 3.49. The van der Waals surface area contributed by atoms with Crippen molar-refractivity contribution in [3.8, 4) is 0 Å². The van der Waals surface area contributed by atoms with Crippen LogP contribution in [0, 0.1) is 10.1 Å². The lowest BCUT2D eigenvalue weighted by Crippen LogP contribution is -2.25. The number of nitro groups is 1. The van der Waals surface area contributed by atoms with E-state index in [2.05, 4.69) is 9.88 Å². The highest BCUT2D eigenvalue weighted by atomic mass is 32.2. The Bertz CT molecular complexity index is 864. The third-order valence-electron chi connectivity index (χ3n) is 3.93. The Morgan fingerprint density at radius 2 is 2.08 bits per heavy atom. The Morgan fingerprint density at radius 3 is 2.62 bits per heavy atom. The summed E-state index contributed by atoms with van der Waals surface area (Å²) in [6.07, 6.45) is 6.48. The molecule has 0 bridgehead atoms. The van der Waals surface area contributed by atoms with Crippen molar-refractivity contribution in [2.45, 2.75) is 30.3 Å². The van der Waals surface area contributed by atoms with E-state index in [4.69, 9.17) is 0 Å². The molecule has 126 valence electrons. The Balaban J connectivity index is 2.01. The average molecular weight is 347 g/mol. The normalized spacial score (nSPS) is 14.4. The molecule has 1 saturated carbocycles. The second-order valence-electron chi connectivity index (χ2n) is 5.90. The highest BCUT2D eigenvalue weighted by Crippen LogP contribution is 2.36. The second kappa shape index (κ2) is 6.20. The topological polar surface area (TPSA) is 93.4 Å². The predicted molar refractivity (Wildman–Crippen MR) is 89.6 cm³/mol. The zero-order valence-corrected chi connectivity index (χ0v) is 13.9. The number of sulfone groups is 1. The molecule has 1 aliphatic carbocycles. The summed E-state index contributed by atoms with van der Waals surface area (Å²) >= 11 is 0. The minimum absolute atomic E-state index is 0.248. The number of hydrogen-bond acceptors (Lipinski definition) is 6. The van der Waals surface area contributed by atoms with Crippen LogP contribution in [0.5, 0.6) is 0 Å². The van der Waals surface area contributed by atoms with Crippen LogP contribution in [-0.4, -0.2) is 30.6 Å². The van der Waals surface area contributed by atoms with Crippen molar-refractivity contribution in [2.24, 2.45) is 0 Å². The van der Waals surface area contributed by atoms with Gasteiger partial charge in [-0.05, 0) is 36.6 Å². The SMILES string of the molecule is CS(=O)(=O)c1cc(N(Cc2cccnc2)C2CC2)ccc1[N+](=O)[O-]. The van der Waals surface area contributed by atoms with Crippen molar-refractivity contribution in [3.05, 3.63) is 58.4 Å². The first-order valence-electron chi connectivity index (χ1n) is 7.50. The van der Waals surface area contributed by atoms with E-state index >= 15 is 0 Å². The highest BCUT2D eigenvalue weighted by Gasteiger charge is 2.31. The maximum Gasteiger partial charge on any atom is 0.288 e. The summed E-state index contributed by atoms with van der Waals surface area (Å²) in [5, 5.41) is 11.1. The predicted octanol–water partition coefficient (Wildman–Crippen LogP) is 2.56. The number of hydrogen-bond donors (Lipinski definition) is 0. The van der Waals surface area contributed by atoms with Crippen molar-refractivity contribution in [1.82, 2.24) is 4.98 Å². The molecule has 7 nitrogen and oxygen atoms in total. The van der Waals surface area contributed by atoms with Crippen LogP contribution in [0.3, 0.4) is 0 Å². The second-order valence-corrected chi connectivity index (χ2v) is 7.89. The molecule has 1 aromatic heterocycles. The van der Waals surface area contributed by atoms with Gasteiger partial charge in [-0.3, -0.25) is 15.1 Å². The van der Waals surface area contributed by atoms with E-state index in [1.807, 2.05) is 12.1 Å². The van der Waals surface area contributed by atoms with E-state index in [1.54, 1.807) is 18.5 Å². The number of aromatic nitrogens is 1. The molecule has 0 saturated heterocycles. The van der Waals surface area contributed by atoms with Crippen molar-refractivity contribution < 1.29 is 13.3 Å². The Morgan fingerprint density at radius 1 is 1.33 bits per heavy atom. The molecule has 1 aliphatic rings. The minimum atomic E-state index is -3.69. The quantitative estimate of drug-likeness (QED) is 0.589. The minimum Gasteiger partial charge on any atom is -0.364 e. The zero-order chi connectivity index (χ0) is 17.3. The first-order chi connectivity index (χ1) is 11.4. The number of benzene rings is 1. The molecule has 8 heteroatoms. The van der Waals surface area contributed by atoms with Crippen molar-refractivity contribution in [3.63, 3.8) is 0 Å². The molecule has 1 heterocycles. The van der Waals surface area contributed by atoms with E-state index in [1.165, 1.54) is 12.1 Å². The fourth-order valence-electron chi connectivity index (χ4n) is 2.64. The molecule has 0 N–H and O–H groups in total. The van der Waals surface area contributed by atoms with Crippen LogP contribution in [0.15, 0.2) is 47.6 Å². The summed E-state index contributed by atoms with van der Waals surface area (Å²) in [5.74, 6) is 0. The standard InChI is InChI=1S/C16H17N3O4S/c1-24(22,23)16-9-14(6-7-15(16)19(20)21)18(13-4-5-13)11-12-3-2-8-17-10-12/h2-3,6-10,13H,4-5,11H2,1H3. The van der Waals surface area contributed by atoms with Gasteiger partial charge in [-0.15, -0.1) is 0 Å².